The van der Waals surface area contributed by atoms with Gasteiger partial charge in [0.15, 0.2) is 0 Å². The Balaban J connectivity index is 2.47. The van der Waals surface area contributed by atoms with Crippen molar-refractivity contribution >= 4 is 5.69 Å². The maximum atomic E-state index is 11.6. The minimum atomic E-state index is 0.115. The largest absolute Gasteiger partial charge is 0.371 e. The fourth-order valence-corrected chi connectivity index (χ4v) is 1.65. The molecule has 3 nitrogen and oxygen atoms in total. The van der Waals surface area contributed by atoms with E-state index in [1.807, 2.05) is 19.2 Å². The van der Waals surface area contributed by atoms with E-state index in [1.165, 1.54) is 6.42 Å². The van der Waals surface area contributed by atoms with Crippen LogP contribution in [0.4, 0.5) is 5.69 Å². The number of aryl methyl sites for hydroxylation is 1. The van der Waals surface area contributed by atoms with Crippen LogP contribution in [0.2, 0.25) is 0 Å². The molecule has 0 spiro atoms. The van der Waals surface area contributed by atoms with Crippen LogP contribution in [-0.4, -0.2) is 17.7 Å². The third kappa shape index (κ3) is 1.24. The predicted molar refractivity (Wildman–Crippen MR) is 53.3 cm³/mol. The summed E-state index contributed by atoms with van der Waals surface area (Å²) in [5, 5.41) is 0. The van der Waals surface area contributed by atoms with Gasteiger partial charge in [-0.2, -0.15) is 0 Å². The van der Waals surface area contributed by atoms with Crippen molar-refractivity contribution in [3.63, 3.8) is 0 Å². The lowest BCUT2D eigenvalue weighted by Crippen LogP contribution is -2.38. The van der Waals surface area contributed by atoms with Crippen LogP contribution in [0.3, 0.4) is 0 Å². The molecule has 1 aliphatic heterocycles. The topological polar surface area (TPSA) is 25.2 Å². The molecule has 1 aliphatic rings. The maximum absolute atomic E-state index is 11.6. The van der Waals surface area contributed by atoms with E-state index in [4.69, 9.17) is 0 Å². The van der Waals surface area contributed by atoms with Gasteiger partial charge in [0, 0.05) is 37.6 Å². The normalized spacial score (nSPS) is 15.7. The first-order valence-corrected chi connectivity index (χ1v) is 4.61. The van der Waals surface area contributed by atoms with Gasteiger partial charge in [0.2, 0.25) is 0 Å². The molecule has 0 aliphatic carbocycles. The molecular formula is C10H14N2O. The van der Waals surface area contributed by atoms with Crippen molar-refractivity contribution in [2.24, 2.45) is 7.05 Å². The Kier molecular flexibility index (Phi) is 1.87. The summed E-state index contributed by atoms with van der Waals surface area (Å²) in [4.78, 5) is 13.8. The Morgan fingerprint density at radius 2 is 2.08 bits per heavy atom. The van der Waals surface area contributed by atoms with E-state index < -0.39 is 0 Å². The first-order valence-electron chi connectivity index (χ1n) is 4.61. The second-order valence-electron chi connectivity index (χ2n) is 3.58. The average molecular weight is 178 g/mol. The summed E-state index contributed by atoms with van der Waals surface area (Å²) in [7, 11) is 1.79. The highest BCUT2D eigenvalue weighted by molar-refractivity contribution is 5.53. The van der Waals surface area contributed by atoms with Gasteiger partial charge in [-0.15, -0.1) is 0 Å². The summed E-state index contributed by atoms with van der Waals surface area (Å²) in [6, 6.07) is 2.02. The molecule has 2 rings (SSSR count). The molecule has 0 N–H and O–H groups in total. The molecule has 0 unspecified atom stereocenters. The van der Waals surface area contributed by atoms with Gasteiger partial charge in [-0.1, -0.05) is 0 Å². The lowest BCUT2D eigenvalue weighted by Gasteiger charge is -2.34. The van der Waals surface area contributed by atoms with Gasteiger partial charge in [-0.25, -0.2) is 0 Å². The Labute approximate surface area is 77.6 Å². The van der Waals surface area contributed by atoms with Crippen LogP contribution in [0.15, 0.2) is 17.1 Å². The second kappa shape index (κ2) is 2.91. The SMILES string of the molecule is Cc1c(N2CCC2)ccn(C)c1=O. The summed E-state index contributed by atoms with van der Waals surface area (Å²) in [6.07, 6.45) is 3.08. The molecule has 1 aromatic rings. The predicted octanol–water partition coefficient (Wildman–Crippen LogP) is 0.904. The molecule has 13 heavy (non-hydrogen) atoms. The smallest absolute Gasteiger partial charge is 0.255 e. The average Bonchev–Trinajstić information content (AvgIpc) is 2.03. The third-order valence-electron chi connectivity index (χ3n) is 2.68. The standard InChI is InChI=1S/C10H14N2O/c1-8-9(12-5-3-6-12)4-7-11(2)10(8)13/h4,7H,3,5-6H2,1-2H3. The summed E-state index contributed by atoms with van der Waals surface area (Å²) in [6.45, 7) is 4.08. The molecule has 1 aromatic heterocycles. The van der Waals surface area contributed by atoms with E-state index in [2.05, 4.69) is 4.90 Å². The summed E-state index contributed by atoms with van der Waals surface area (Å²) in [5.74, 6) is 0. The molecule has 1 fully saturated rings. The Hall–Kier alpha value is -1.25. The quantitative estimate of drug-likeness (QED) is 0.638. The van der Waals surface area contributed by atoms with Crippen LogP contribution >= 0.6 is 0 Å². The van der Waals surface area contributed by atoms with Gasteiger partial charge in [0.1, 0.15) is 0 Å². The van der Waals surface area contributed by atoms with Crippen LogP contribution in [-0.2, 0) is 7.05 Å². The van der Waals surface area contributed by atoms with E-state index in [0.29, 0.717) is 0 Å². The van der Waals surface area contributed by atoms with E-state index in [0.717, 1.165) is 24.3 Å². The second-order valence-corrected chi connectivity index (χ2v) is 3.58. The van der Waals surface area contributed by atoms with Crippen molar-refractivity contribution in [2.45, 2.75) is 13.3 Å². The van der Waals surface area contributed by atoms with E-state index >= 15 is 0 Å². The fraction of sp³-hybridized carbons (Fsp3) is 0.500. The fourth-order valence-electron chi connectivity index (χ4n) is 1.65. The van der Waals surface area contributed by atoms with E-state index in [1.54, 1.807) is 11.6 Å². The molecule has 0 aromatic carbocycles. The minimum absolute atomic E-state index is 0.115. The molecule has 0 saturated carbocycles. The number of nitrogens with zero attached hydrogens (tertiary/aromatic N) is 2. The zero-order chi connectivity index (χ0) is 9.42. The Morgan fingerprint density at radius 3 is 2.62 bits per heavy atom. The van der Waals surface area contributed by atoms with Crippen LogP contribution in [0.25, 0.3) is 0 Å². The Bertz CT molecular complexity index is 377. The molecular weight excluding hydrogens is 164 g/mol. The highest BCUT2D eigenvalue weighted by atomic mass is 16.1. The monoisotopic (exact) mass is 178 g/mol. The zero-order valence-corrected chi connectivity index (χ0v) is 8.08. The zero-order valence-electron chi connectivity index (χ0n) is 8.08. The van der Waals surface area contributed by atoms with E-state index in [-0.39, 0.29) is 5.56 Å². The van der Waals surface area contributed by atoms with Crippen LogP contribution in [0.5, 0.6) is 0 Å². The minimum Gasteiger partial charge on any atom is -0.371 e. The van der Waals surface area contributed by atoms with E-state index in [9.17, 15) is 4.79 Å². The molecule has 0 radical (unpaired) electrons. The van der Waals surface area contributed by atoms with Gasteiger partial charge in [0.25, 0.3) is 5.56 Å². The maximum Gasteiger partial charge on any atom is 0.255 e. The number of rotatable bonds is 1. The summed E-state index contributed by atoms with van der Waals surface area (Å²) in [5.41, 5.74) is 2.09. The van der Waals surface area contributed by atoms with Gasteiger partial charge in [-0.3, -0.25) is 4.79 Å². The first-order chi connectivity index (χ1) is 6.20. The molecule has 0 amide bonds. The van der Waals surface area contributed by atoms with Crippen molar-refractivity contribution in [1.82, 2.24) is 4.57 Å². The first kappa shape index (κ1) is 8.35. The molecule has 70 valence electrons. The van der Waals surface area contributed by atoms with Crippen LogP contribution < -0.4 is 10.5 Å². The van der Waals surface area contributed by atoms with Gasteiger partial charge in [0.05, 0.1) is 0 Å². The van der Waals surface area contributed by atoms with Gasteiger partial charge < -0.3 is 9.47 Å². The van der Waals surface area contributed by atoms with Crippen molar-refractivity contribution < 1.29 is 0 Å². The van der Waals surface area contributed by atoms with Crippen molar-refractivity contribution in [1.29, 1.82) is 0 Å². The highest BCUT2D eigenvalue weighted by Crippen LogP contribution is 2.21. The van der Waals surface area contributed by atoms with Crippen molar-refractivity contribution in [3.8, 4) is 0 Å². The van der Waals surface area contributed by atoms with Crippen LogP contribution in [0, 0.1) is 6.92 Å². The molecule has 1 saturated heterocycles. The number of aromatic nitrogens is 1. The number of hydrogen-bond donors (Lipinski definition) is 0. The third-order valence-corrected chi connectivity index (χ3v) is 2.68. The molecule has 2 heterocycles. The lowest BCUT2D eigenvalue weighted by molar-refractivity contribution is 0.614. The molecule has 3 heteroatoms. The summed E-state index contributed by atoms with van der Waals surface area (Å²) >= 11 is 0. The number of anilines is 1. The van der Waals surface area contributed by atoms with Crippen LogP contribution in [0.1, 0.15) is 12.0 Å². The van der Waals surface area contributed by atoms with Gasteiger partial charge >= 0.3 is 0 Å². The Morgan fingerprint density at radius 1 is 1.38 bits per heavy atom. The summed E-state index contributed by atoms with van der Waals surface area (Å²) < 4.78 is 1.62. The van der Waals surface area contributed by atoms with Crippen molar-refractivity contribution in [2.75, 3.05) is 18.0 Å². The van der Waals surface area contributed by atoms with Gasteiger partial charge in [-0.05, 0) is 19.4 Å². The lowest BCUT2D eigenvalue weighted by atomic mass is 10.1. The number of pyridine rings is 1. The number of hydrogen-bond acceptors (Lipinski definition) is 2. The molecule has 0 bridgehead atoms. The molecule has 0 atom stereocenters. The van der Waals surface area contributed by atoms with Crippen molar-refractivity contribution in [3.05, 3.63) is 28.2 Å². The highest BCUT2D eigenvalue weighted by Gasteiger charge is 2.17.